The summed E-state index contributed by atoms with van der Waals surface area (Å²) in [6.45, 7) is 5.83. The van der Waals surface area contributed by atoms with Crippen molar-refractivity contribution in [2.24, 2.45) is 0 Å². The summed E-state index contributed by atoms with van der Waals surface area (Å²) in [5.74, 6) is 1.67. The van der Waals surface area contributed by atoms with Gasteiger partial charge in [-0.3, -0.25) is 14.5 Å². The van der Waals surface area contributed by atoms with Crippen LogP contribution in [0, 0.1) is 0 Å². The Hall–Kier alpha value is -3.06. The average Bonchev–Trinajstić information content (AvgIpc) is 3.13. The summed E-state index contributed by atoms with van der Waals surface area (Å²) in [6, 6.07) is 13.9. The van der Waals surface area contributed by atoms with E-state index in [0.29, 0.717) is 19.7 Å². The fourth-order valence-electron chi connectivity index (χ4n) is 4.92. The summed E-state index contributed by atoms with van der Waals surface area (Å²) in [7, 11) is 0. The summed E-state index contributed by atoms with van der Waals surface area (Å²) in [5.41, 5.74) is 2.86. The lowest BCUT2D eigenvalue weighted by Gasteiger charge is -2.39. The van der Waals surface area contributed by atoms with E-state index in [4.69, 9.17) is 9.47 Å². The third kappa shape index (κ3) is 4.30. The van der Waals surface area contributed by atoms with Gasteiger partial charge < -0.3 is 19.7 Å². The Labute approximate surface area is 188 Å². The van der Waals surface area contributed by atoms with Gasteiger partial charge in [-0.25, -0.2) is 0 Å². The molecule has 1 N–H and O–H groups in total. The zero-order valence-electron chi connectivity index (χ0n) is 18.4. The second-order valence-corrected chi connectivity index (χ2v) is 8.89. The van der Waals surface area contributed by atoms with Crippen LogP contribution < -0.4 is 14.8 Å². The van der Waals surface area contributed by atoms with Crippen molar-refractivity contribution in [1.29, 1.82) is 0 Å². The first-order chi connectivity index (χ1) is 15.6. The summed E-state index contributed by atoms with van der Waals surface area (Å²) >= 11 is 0. The Morgan fingerprint density at radius 3 is 2.88 bits per heavy atom. The van der Waals surface area contributed by atoms with Crippen LogP contribution in [0.1, 0.15) is 41.3 Å². The fourth-order valence-corrected chi connectivity index (χ4v) is 4.92. The minimum atomic E-state index is -0.0543. The molecule has 7 heteroatoms. The lowest BCUT2D eigenvalue weighted by molar-refractivity contribution is -0.119. The van der Waals surface area contributed by atoms with Crippen LogP contribution in [0.15, 0.2) is 42.5 Å². The Bertz CT molecular complexity index is 1020. The Kier molecular flexibility index (Phi) is 5.74. The molecule has 2 amide bonds. The van der Waals surface area contributed by atoms with Crippen LogP contribution in [0.25, 0.3) is 0 Å². The molecular formula is C25H29N3O4. The van der Waals surface area contributed by atoms with Gasteiger partial charge in [0.2, 0.25) is 5.91 Å². The number of rotatable bonds is 5. The molecule has 0 aromatic heterocycles. The lowest BCUT2D eigenvalue weighted by atomic mass is 10.0. The highest BCUT2D eigenvalue weighted by molar-refractivity contribution is 5.98. The van der Waals surface area contributed by atoms with Crippen molar-refractivity contribution in [3.8, 4) is 11.5 Å². The summed E-state index contributed by atoms with van der Waals surface area (Å²) in [6.07, 6.45) is 2.06. The molecule has 0 radical (unpaired) electrons. The third-order valence-corrected chi connectivity index (χ3v) is 6.49. The summed E-state index contributed by atoms with van der Waals surface area (Å²) in [5, 5.41) is 2.82. The monoisotopic (exact) mass is 435 g/mol. The van der Waals surface area contributed by atoms with Crippen molar-refractivity contribution in [3.63, 3.8) is 0 Å². The van der Waals surface area contributed by atoms with Gasteiger partial charge in [0, 0.05) is 44.7 Å². The first-order valence-corrected chi connectivity index (χ1v) is 11.3. The highest BCUT2D eigenvalue weighted by atomic mass is 16.6. The third-order valence-electron chi connectivity index (χ3n) is 6.49. The van der Waals surface area contributed by atoms with Crippen LogP contribution >= 0.6 is 0 Å². The normalized spacial score (nSPS) is 22.5. The van der Waals surface area contributed by atoms with E-state index in [1.165, 1.54) is 6.92 Å². The number of likely N-dealkylation sites (tertiary alicyclic amines) is 1. The predicted octanol–water partition coefficient (Wildman–Crippen LogP) is 2.58. The van der Waals surface area contributed by atoms with Crippen LogP contribution in [0.2, 0.25) is 0 Å². The molecule has 3 aliphatic heterocycles. The SMILES string of the molecule is CC(=O)NCc1ccc2c(c1)CN(C1CCCN(CC3COc4ccccc4O3)C1)C2=O. The molecule has 32 heavy (non-hydrogen) atoms. The van der Waals surface area contributed by atoms with Gasteiger partial charge in [-0.15, -0.1) is 0 Å². The number of hydrogen-bond donors (Lipinski definition) is 1. The van der Waals surface area contributed by atoms with Crippen LogP contribution in [-0.4, -0.2) is 60.0 Å². The zero-order valence-corrected chi connectivity index (χ0v) is 18.4. The molecule has 2 aromatic rings. The molecule has 2 atom stereocenters. The molecule has 3 heterocycles. The van der Waals surface area contributed by atoms with Gasteiger partial charge in [-0.1, -0.05) is 24.3 Å². The van der Waals surface area contributed by atoms with E-state index in [9.17, 15) is 9.59 Å². The molecule has 2 aromatic carbocycles. The second-order valence-electron chi connectivity index (χ2n) is 8.89. The van der Waals surface area contributed by atoms with Crippen LogP contribution in [-0.2, 0) is 17.9 Å². The Morgan fingerprint density at radius 2 is 2.03 bits per heavy atom. The van der Waals surface area contributed by atoms with Gasteiger partial charge in [-0.05, 0) is 48.7 Å². The second kappa shape index (κ2) is 8.82. The number of nitrogens with zero attached hydrogens (tertiary/aromatic N) is 2. The molecule has 168 valence electrons. The highest BCUT2D eigenvalue weighted by Crippen LogP contribution is 2.32. The van der Waals surface area contributed by atoms with E-state index in [-0.39, 0.29) is 24.0 Å². The lowest BCUT2D eigenvalue weighted by Crippen LogP contribution is -2.51. The highest BCUT2D eigenvalue weighted by Gasteiger charge is 2.36. The minimum Gasteiger partial charge on any atom is -0.486 e. The van der Waals surface area contributed by atoms with Crippen LogP contribution in [0.4, 0.5) is 0 Å². The van der Waals surface area contributed by atoms with Crippen LogP contribution in [0.5, 0.6) is 11.5 Å². The smallest absolute Gasteiger partial charge is 0.254 e. The van der Waals surface area contributed by atoms with Gasteiger partial charge in [-0.2, -0.15) is 0 Å². The van der Waals surface area contributed by atoms with E-state index >= 15 is 0 Å². The molecule has 1 saturated heterocycles. The van der Waals surface area contributed by atoms with Crippen molar-refractivity contribution < 1.29 is 19.1 Å². The van der Waals surface area contributed by atoms with Crippen molar-refractivity contribution >= 4 is 11.8 Å². The number of nitrogens with one attached hydrogen (secondary N) is 1. The van der Waals surface area contributed by atoms with Gasteiger partial charge in [0.05, 0.1) is 0 Å². The largest absolute Gasteiger partial charge is 0.486 e. The molecule has 1 fully saturated rings. The molecule has 0 spiro atoms. The van der Waals surface area contributed by atoms with E-state index in [1.54, 1.807) is 0 Å². The number of fused-ring (bicyclic) bond motifs is 2. The summed E-state index contributed by atoms with van der Waals surface area (Å²) < 4.78 is 12.0. The van der Waals surface area contributed by atoms with E-state index in [1.807, 2.05) is 41.3 Å². The first kappa shape index (κ1) is 20.8. The Morgan fingerprint density at radius 1 is 1.19 bits per heavy atom. The minimum absolute atomic E-state index is 0.00791. The fraction of sp³-hybridized carbons (Fsp3) is 0.440. The van der Waals surface area contributed by atoms with Gasteiger partial charge in [0.25, 0.3) is 5.91 Å². The molecular weight excluding hydrogens is 406 g/mol. The standard InChI is InChI=1S/C25H29N3O4/c1-17(29)26-12-18-8-9-22-19(11-18)13-28(25(22)30)20-5-4-10-27(14-20)15-21-16-31-23-6-2-3-7-24(23)32-21/h2-3,6-9,11,20-21H,4-5,10,12-16H2,1H3,(H,26,29). The number of carbonyl (C=O) groups is 2. The van der Waals surface area contributed by atoms with Gasteiger partial charge in [0.15, 0.2) is 11.5 Å². The molecule has 0 aliphatic carbocycles. The first-order valence-electron chi connectivity index (χ1n) is 11.3. The topological polar surface area (TPSA) is 71.1 Å². The number of amides is 2. The average molecular weight is 436 g/mol. The predicted molar refractivity (Wildman–Crippen MR) is 120 cm³/mol. The van der Waals surface area contributed by atoms with Gasteiger partial charge in [0.1, 0.15) is 12.7 Å². The van der Waals surface area contributed by atoms with Crippen molar-refractivity contribution in [2.45, 2.75) is 45.0 Å². The molecule has 0 saturated carbocycles. The quantitative estimate of drug-likeness (QED) is 0.782. The maximum absolute atomic E-state index is 13.1. The molecule has 0 bridgehead atoms. The number of ether oxygens (including phenoxy) is 2. The molecule has 3 aliphatic rings. The number of carbonyl (C=O) groups excluding carboxylic acids is 2. The number of para-hydroxylation sites is 2. The van der Waals surface area contributed by atoms with Crippen molar-refractivity contribution in [1.82, 2.24) is 15.1 Å². The zero-order chi connectivity index (χ0) is 22.1. The van der Waals surface area contributed by atoms with Crippen molar-refractivity contribution in [3.05, 3.63) is 59.2 Å². The van der Waals surface area contributed by atoms with E-state index in [2.05, 4.69) is 16.3 Å². The van der Waals surface area contributed by atoms with E-state index < -0.39 is 0 Å². The Balaban J connectivity index is 1.21. The number of piperidine rings is 1. The molecule has 2 unspecified atom stereocenters. The number of hydrogen-bond acceptors (Lipinski definition) is 5. The van der Waals surface area contributed by atoms with Crippen LogP contribution in [0.3, 0.4) is 0 Å². The molecule has 5 rings (SSSR count). The number of benzene rings is 2. The maximum Gasteiger partial charge on any atom is 0.254 e. The summed E-state index contributed by atoms with van der Waals surface area (Å²) in [4.78, 5) is 28.7. The van der Waals surface area contributed by atoms with Gasteiger partial charge >= 0.3 is 0 Å². The maximum atomic E-state index is 13.1. The molecule has 7 nitrogen and oxygen atoms in total. The van der Waals surface area contributed by atoms with E-state index in [0.717, 1.165) is 60.7 Å². The van der Waals surface area contributed by atoms with Crippen molar-refractivity contribution in [2.75, 3.05) is 26.2 Å².